The molecule has 0 aliphatic carbocycles. The first kappa shape index (κ1) is 15.9. The van der Waals surface area contributed by atoms with Crippen LogP contribution in [0.2, 0.25) is 0 Å². The highest BCUT2D eigenvalue weighted by Crippen LogP contribution is 2.32. The van der Waals surface area contributed by atoms with Gasteiger partial charge < -0.3 is 9.84 Å². The summed E-state index contributed by atoms with van der Waals surface area (Å²) in [7, 11) is 0. The fourth-order valence-corrected chi connectivity index (χ4v) is 1.91. The molecule has 0 spiro atoms. The van der Waals surface area contributed by atoms with Gasteiger partial charge in [-0.05, 0) is 30.6 Å². The lowest BCUT2D eigenvalue weighted by Crippen LogP contribution is -2.27. The maximum atomic E-state index is 9.56. The highest BCUT2D eigenvalue weighted by Gasteiger charge is 2.26. The first-order chi connectivity index (χ1) is 7.60. The average Bonchev–Trinajstić information content (AvgIpc) is 2.29. The molecule has 1 N–H and O–H groups in total. The van der Waals surface area contributed by atoms with Crippen molar-refractivity contribution in [2.45, 2.75) is 59.8 Å². The van der Waals surface area contributed by atoms with E-state index in [1.807, 2.05) is 0 Å². The van der Waals surface area contributed by atoms with E-state index in [4.69, 9.17) is 4.74 Å². The van der Waals surface area contributed by atoms with Crippen LogP contribution in [0.3, 0.4) is 0 Å². The van der Waals surface area contributed by atoms with Crippen molar-refractivity contribution in [1.82, 2.24) is 0 Å². The number of unbranched alkanes of at least 4 members (excludes halogenated alkanes) is 1. The van der Waals surface area contributed by atoms with Crippen molar-refractivity contribution in [3.8, 4) is 0 Å². The molecule has 0 aromatic heterocycles. The Morgan fingerprint density at radius 3 is 2.31 bits per heavy atom. The Morgan fingerprint density at radius 2 is 1.88 bits per heavy atom. The molecule has 0 amide bonds. The average molecular weight is 230 g/mol. The zero-order chi connectivity index (χ0) is 12.4. The molecule has 1 unspecified atom stereocenters. The molecule has 0 heterocycles. The van der Waals surface area contributed by atoms with E-state index in [0.29, 0.717) is 12.5 Å². The minimum Gasteiger partial charge on any atom is -0.396 e. The predicted molar refractivity (Wildman–Crippen MR) is 69.6 cm³/mol. The molecule has 0 saturated carbocycles. The fraction of sp³-hybridized carbons (Fsp3) is 1.00. The van der Waals surface area contributed by atoms with Crippen LogP contribution in [0.15, 0.2) is 0 Å². The van der Waals surface area contributed by atoms with Gasteiger partial charge in [-0.15, -0.1) is 0 Å². The smallest absolute Gasteiger partial charge is 0.0488 e. The third-order valence-electron chi connectivity index (χ3n) is 3.37. The highest BCUT2D eigenvalue weighted by molar-refractivity contribution is 4.77. The number of rotatable bonds is 10. The molecule has 0 fully saturated rings. The Bertz CT molecular complexity index is 151. The van der Waals surface area contributed by atoms with E-state index in [0.717, 1.165) is 32.5 Å². The first-order valence-electron chi connectivity index (χ1n) is 6.78. The van der Waals surface area contributed by atoms with Crippen LogP contribution in [-0.4, -0.2) is 24.9 Å². The highest BCUT2D eigenvalue weighted by atomic mass is 16.5. The summed E-state index contributed by atoms with van der Waals surface area (Å²) < 4.78 is 5.62. The molecule has 0 aromatic carbocycles. The second-order valence-electron chi connectivity index (χ2n) is 5.33. The van der Waals surface area contributed by atoms with Crippen molar-refractivity contribution in [2.75, 3.05) is 19.8 Å². The Balaban J connectivity index is 3.91. The van der Waals surface area contributed by atoms with Crippen LogP contribution in [0.5, 0.6) is 0 Å². The molecular formula is C14H30O2. The van der Waals surface area contributed by atoms with E-state index >= 15 is 0 Å². The summed E-state index contributed by atoms with van der Waals surface area (Å²) in [5.74, 6) is 0.598. The molecular weight excluding hydrogens is 200 g/mol. The number of aliphatic hydroxyl groups excluding tert-OH is 1. The molecule has 2 nitrogen and oxygen atoms in total. The zero-order valence-corrected chi connectivity index (χ0v) is 11.6. The van der Waals surface area contributed by atoms with Gasteiger partial charge in [-0.1, -0.05) is 40.5 Å². The van der Waals surface area contributed by atoms with Crippen molar-refractivity contribution in [3.05, 3.63) is 0 Å². The van der Waals surface area contributed by atoms with Crippen LogP contribution in [0, 0.1) is 11.3 Å². The third kappa shape index (κ3) is 6.49. The van der Waals surface area contributed by atoms with Crippen molar-refractivity contribution in [2.24, 2.45) is 11.3 Å². The van der Waals surface area contributed by atoms with E-state index in [-0.39, 0.29) is 5.41 Å². The summed E-state index contributed by atoms with van der Waals surface area (Å²) in [6.07, 6.45) is 5.58. The van der Waals surface area contributed by atoms with Gasteiger partial charge in [0.05, 0.1) is 0 Å². The van der Waals surface area contributed by atoms with Crippen LogP contribution in [0.4, 0.5) is 0 Å². The molecule has 0 aromatic rings. The summed E-state index contributed by atoms with van der Waals surface area (Å²) in [5, 5.41) is 9.56. The monoisotopic (exact) mass is 230 g/mol. The van der Waals surface area contributed by atoms with Crippen molar-refractivity contribution < 1.29 is 9.84 Å². The first-order valence-corrected chi connectivity index (χ1v) is 6.78. The standard InChI is InChI=1S/C14H30O2/c1-5-7-8-14(6-2,12-15)9-10-16-11-13(3)4/h13,15H,5-12H2,1-4H3. The summed E-state index contributed by atoms with van der Waals surface area (Å²) in [6.45, 7) is 10.6. The Hall–Kier alpha value is -0.0800. The van der Waals surface area contributed by atoms with Gasteiger partial charge in [-0.2, -0.15) is 0 Å². The second-order valence-corrected chi connectivity index (χ2v) is 5.33. The molecule has 1 atom stereocenters. The molecule has 0 aliphatic heterocycles. The van der Waals surface area contributed by atoms with Gasteiger partial charge in [0.1, 0.15) is 0 Å². The maximum Gasteiger partial charge on any atom is 0.0488 e. The topological polar surface area (TPSA) is 29.5 Å². The fourth-order valence-electron chi connectivity index (χ4n) is 1.91. The molecule has 98 valence electrons. The van der Waals surface area contributed by atoms with Crippen molar-refractivity contribution in [3.63, 3.8) is 0 Å². The second kappa shape index (κ2) is 9.00. The zero-order valence-electron chi connectivity index (χ0n) is 11.6. The normalized spacial score (nSPS) is 15.4. The van der Waals surface area contributed by atoms with E-state index in [1.54, 1.807) is 0 Å². The van der Waals surface area contributed by atoms with Gasteiger partial charge in [0.2, 0.25) is 0 Å². The molecule has 0 bridgehead atoms. The van der Waals surface area contributed by atoms with Gasteiger partial charge >= 0.3 is 0 Å². The molecule has 0 rings (SSSR count). The lowest BCUT2D eigenvalue weighted by molar-refractivity contribution is 0.0387. The Labute approximate surface area is 101 Å². The van der Waals surface area contributed by atoms with Gasteiger partial charge in [0.15, 0.2) is 0 Å². The summed E-state index contributed by atoms with van der Waals surface area (Å²) in [4.78, 5) is 0. The lowest BCUT2D eigenvalue weighted by atomic mass is 9.78. The van der Waals surface area contributed by atoms with Gasteiger partial charge in [0, 0.05) is 19.8 Å². The summed E-state index contributed by atoms with van der Waals surface area (Å²) in [5.41, 5.74) is 0.104. The predicted octanol–water partition coefficient (Wildman–Crippen LogP) is 3.63. The minimum atomic E-state index is 0.104. The summed E-state index contributed by atoms with van der Waals surface area (Å²) >= 11 is 0. The van der Waals surface area contributed by atoms with E-state index in [1.165, 1.54) is 12.8 Å². The molecule has 0 aliphatic rings. The van der Waals surface area contributed by atoms with Crippen LogP contribution in [0.25, 0.3) is 0 Å². The van der Waals surface area contributed by atoms with Crippen molar-refractivity contribution in [1.29, 1.82) is 0 Å². The van der Waals surface area contributed by atoms with Crippen LogP contribution in [0.1, 0.15) is 59.8 Å². The third-order valence-corrected chi connectivity index (χ3v) is 3.37. The van der Waals surface area contributed by atoms with Gasteiger partial charge in [0.25, 0.3) is 0 Å². The van der Waals surface area contributed by atoms with Crippen LogP contribution in [-0.2, 0) is 4.74 Å². The van der Waals surface area contributed by atoms with Crippen LogP contribution < -0.4 is 0 Å². The van der Waals surface area contributed by atoms with Crippen molar-refractivity contribution >= 4 is 0 Å². The molecule has 0 radical (unpaired) electrons. The number of ether oxygens (including phenoxy) is 1. The van der Waals surface area contributed by atoms with E-state index in [9.17, 15) is 5.11 Å². The van der Waals surface area contributed by atoms with Gasteiger partial charge in [-0.25, -0.2) is 0 Å². The molecule has 0 saturated heterocycles. The Kier molecular flexibility index (Phi) is 8.96. The molecule has 16 heavy (non-hydrogen) atoms. The Morgan fingerprint density at radius 1 is 1.19 bits per heavy atom. The SMILES string of the molecule is CCCCC(CC)(CO)CCOCC(C)C. The van der Waals surface area contributed by atoms with E-state index in [2.05, 4.69) is 27.7 Å². The van der Waals surface area contributed by atoms with Gasteiger partial charge in [-0.3, -0.25) is 0 Å². The minimum absolute atomic E-state index is 0.104. The maximum absolute atomic E-state index is 9.56. The number of aliphatic hydroxyl groups is 1. The molecule has 2 heteroatoms. The lowest BCUT2D eigenvalue weighted by Gasteiger charge is -2.30. The van der Waals surface area contributed by atoms with E-state index < -0.39 is 0 Å². The number of hydrogen-bond donors (Lipinski definition) is 1. The quantitative estimate of drug-likeness (QED) is 0.581. The summed E-state index contributed by atoms with van der Waals surface area (Å²) in [6, 6.07) is 0. The number of hydrogen-bond acceptors (Lipinski definition) is 2. The van der Waals surface area contributed by atoms with Crippen LogP contribution >= 0.6 is 0 Å². The largest absolute Gasteiger partial charge is 0.396 e.